The van der Waals surface area contributed by atoms with E-state index in [-0.39, 0.29) is 17.6 Å². The van der Waals surface area contributed by atoms with Crippen molar-refractivity contribution in [1.82, 2.24) is 10.3 Å². The highest BCUT2D eigenvalue weighted by Crippen LogP contribution is 2.23. The lowest BCUT2D eigenvalue weighted by Crippen LogP contribution is -2.46. The number of nitrogens with zero attached hydrogens (tertiary/aromatic N) is 1. The van der Waals surface area contributed by atoms with E-state index in [9.17, 15) is 9.59 Å². The highest BCUT2D eigenvalue weighted by molar-refractivity contribution is 5.93. The van der Waals surface area contributed by atoms with Gasteiger partial charge in [-0.2, -0.15) is 0 Å². The van der Waals surface area contributed by atoms with Crippen LogP contribution >= 0.6 is 0 Å². The van der Waals surface area contributed by atoms with Crippen molar-refractivity contribution in [2.45, 2.75) is 51.7 Å². The van der Waals surface area contributed by atoms with Gasteiger partial charge in [-0.15, -0.1) is 0 Å². The van der Waals surface area contributed by atoms with Crippen molar-refractivity contribution >= 4 is 22.8 Å². The van der Waals surface area contributed by atoms with E-state index < -0.39 is 12.1 Å². The first-order valence-corrected chi connectivity index (χ1v) is 8.92. The lowest BCUT2D eigenvalue weighted by atomic mass is 9.86. The largest absolute Gasteiger partial charge is 0.448 e. The number of carbonyl (C=O) groups is 2. The SMILES string of the molecule is C[C@@H]1CCCC[C@H]1NC(=O)[C@@H](C)OC(=O)c1ccc2ccccc2n1. The first-order valence-electron chi connectivity index (χ1n) is 8.92. The number of nitrogens with one attached hydrogen (secondary N) is 1. The molecule has 1 aromatic heterocycles. The number of para-hydroxylation sites is 1. The Morgan fingerprint density at radius 3 is 2.72 bits per heavy atom. The van der Waals surface area contributed by atoms with Gasteiger partial charge in [-0.25, -0.2) is 9.78 Å². The lowest BCUT2D eigenvalue weighted by Gasteiger charge is -2.30. The van der Waals surface area contributed by atoms with E-state index in [1.54, 1.807) is 13.0 Å². The summed E-state index contributed by atoms with van der Waals surface area (Å²) in [5, 5.41) is 3.97. The van der Waals surface area contributed by atoms with E-state index in [0.717, 1.165) is 30.2 Å². The van der Waals surface area contributed by atoms with Crippen LogP contribution in [0.1, 0.15) is 50.0 Å². The number of benzene rings is 1. The van der Waals surface area contributed by atoms with Gasteiger partial charge >= 0.3 is 5.97 Å². The van der Waals surface area contributed by atoms with Crippen molar-refractivity contribution in [3.63, 3.8) is 0 Å². The number of aromatic nitrogens is 1. The van der Waals surface area contributed by atoms with Gasteiger partial charge in [-0.05, 0) is 37.8 Å². The Kier molecular flexibility index (Phi) is 5.31. The Hall–Kier alpha value is -2.43. The highest BCUT2D eigenvalue weighted by atomic mass is 16.5. The van der Waals surface area contributed by atoms with E-state index in [2.05, 4.69) is 17.2 Å². The van der Waals surface area contributed by atoms with Crippen molar-refractivity contribution < 1.29 is 14.3 Å². The topological polar surface area (TPSA) is 68.3 Å². The van der Waals surface area contributed by atoms with Crippen LogP contribution in [-0.4, -0.2) is 29.0 Å². The second kappa shape index (κ2) is 7.64. The number of fused-ring (bicyclic) bond motifs is 1. The molecule has 0 radical (unpaired) electrons. The third-order valence-electron chi connectivity index (χ3n) is 4.90. The van der Waals surface area contributed by atoms with E-state index in [4.69, 9.17) is 4.74 Å². The number of hydrogen-bond donors (Lipinski definition) is 1. The van der Waals surface area contributed by atoms with Gasteiger partial charge in [-0.1, -0.05) is 44.0 Å². The van der Waals surface area contributed by atoms with Gasteiger partial charge in [0.2, 0.25) is 0 Å². The third kappa shape index (κ3) is 4.16. The van der Waals surface area contributed by atoms with Crippen molar-refractivity contribution in [3.8, 4) is 0 Å². The molecule has 5 nitrogen and oxygen atoms in total. The molecular weight excluding hydrogens is 316 g/mol. The fraction of sp³-hybridized carbons (Fsp3) is 0.450. The zero-order valence-corrected chi connectivity index (χ0v) is 14.7. The summed E-state index contributed by atoms with van der Waals surface area (Å²) in [6.45, 7) is 3.75. The van der Waals surface area contributed by atoms with Crippen LogP contribution in [0, 0.1) is 5.92 Å². The average Bonchev–Trinajstić information content (AvgIpc) is 2.63. The Morgan fingerprint density at radius 2 is 1.92 bits per heavy atom. The maximum absolute atomic E-state index is 12.3. The summed E-state index contributed by atoms with van der Waals surface area (Å²) in [5.41, 5.74) is 0.939. The van der Waals surface area contributed by atoms with Gasteiger partial charge in [0.25, 0.3) is 5.91 Å². The molecule has 3 rings (SSSR count). The smallest absolute Gasteiger partial charge is 0.357 e. The molecule has 5 heteroatoms. The summed E-state index contributed by atoms with van der Waals surface area (Å²) in [7, 11) is 0. The van der Waals surface area contributed by atoms with Gasteiger partial charge in [0.15, 0.2) is 6.10 Å². The molecule has 1 fully saturated rings. The summed E-state index contributed by atoms with van der Waals surface area (Å²) in [6, 6.07) is 11.2. The normalized spacial score (nSPS) is 21.5. The number of ether oxygens (including phenoxy) is 1. The maximum Gasteiger partial charge on any atom is 0.357 e. The molecule has 3 atom stereocenters. The number of carbonyl (C=O) groups excluding carboxylic acids is 2. The summed E-state index contributed by atoms with van der Waals surface area (Å²) in [4.78, 5) is 28.9. The maximum atomic E-state index is 12.3. The summed E-state index contributed by atoms with van der Waals surface area (Å²) in [5.74, 6) is -0.360. The molecular formula is C20H24N2O3. The minimum Gasteiger partial charge on any atom is -0.448 e. The van der Waals surface area contributed by atoms with Crippen LogP contribution in [-0.2, 0) is 9.53 Å². The molecule has 25 heavy (non-hydrogen) atoms. The Balaban J connectivity index is 1.61. The molecule has 132 valence electrons. The monoisotopic (exact) mass is 340 g/mol. The molecule has 1 heterocycles. The van der Waals surface area contributed by atoms with E-state index in [0.29, 0.717) is 5.92 Å². The van der Waals surface area contributed by atoms with E-state index in [1.807, 2.05) is 30.3 Å². The lowest BCUT2D eigenvalue weighted by molar-refractivity contribution is -0.130. The van der Waals surface area contributed by atoms with Crippen molar-refractivity contribution in [2.24, 2.45) is 5.92 Å². The second-order valence-corrected chi connectivity index (χ2v) is 6.81. The molecule has 1 N–H and O–H groups in total. The number of esters is 1. The van der Waals surface area contributed by atoms with E-state index >= 15 is 0 Å². The van der Waals surface area contributed by atoms with Gasteiger partial charge in [0.05, 0.1) is 5.52 Å². The molecule has 1 aromatic carbocycles. The van der Waals surface area contributed by atoms with Gasteiger partial charge in [0.1, 0.15) is 5.69 Å². The molecule has 0 unspecified atom stereocenters. The average molecular weight is 340 g/mol. The summed E-state index contributed by atoms with van der Waals surface area (Å²) in [6.07, 6.45) is 3.62. The van der Waals surface area contributed by atoms with Crippen LogP contribution < -0.4 is 5.32 Å². The number of amides is 1. The summed E-state index contributed by atoms with van der Waals surface area (Å²) >= 11 is 0. The first-order chi connectivity index (χ1) is 12.0. The Morgan fingerprint density at radius 1 is 1.16 bits per heavy atom. The van der Waals surface area contributed by atoms with E-state index in [1.165, 1.54) is 6.42 Å². The molecule has 2 aromatic rings. The molecule has 0 spiro atoms. The van der Waals surface area contributed by atoms with Gasteiger partial charge in [0, 0.05) is 11.4 Å². The second-order valence-electron chi connectivity index (χ2n) is 6.81. The minimum atomic E-state index is -0.838. The quantitative estimate of drug-likeness (QED) is 0.865. The number of pyridine rings is 1. The number of rotatable bonds is 4. The molecule has 1 aliphatic carbocycles. The predicted octanol–water partition coefficient (Wildman–Crippen LogP) is 3.48. The van der Waals surface area contributed by atoms with Crippen molar-refractivity contribution in [1.29, 1.82) is 0 Å². The molecule has 1 amide bonds. The molecule has 0 saturated heterocycles. The van der Waals surface area contributed by atoms with Crippen LogP contribution in [0.3, 0.4) is 0 Å². The van der Waals surface area contributed by atoms with Crippen LogP contribution in [0.5, 0.6) is 0 Å². The molecule has 0 aliphatic heterocycles. The van der Waals surface area contributed by atoms with Gasteiger partial charge in [-0.3, -0.25) is 4.79 Å². The standard InChI is InChI=1S/C20H24N2O3/c1-13-7-3-5-9-16(13)22-19(23)14(2)25-20(24)18-12-11-15-8-4-6-10-17(15)21-18/h4,6,8,10-14,16H,3,5,7,9H2,1-2H3,(H,22,23)/t13-,14-,16-/m1/s1. The minimum absolute atomic E-state index is 0.168. The third-order valence-corrected chi connectivity index (χ3v) is 4.90. The van der Waals surface area contributed by atoms with Crippen LogP contribution in [0.15, 0.2) is 36.4 Å². The zero-order valence-electron chi connectivity index (χ0n) is 14.7. The van der Waals surface area contributed by atoms with Gasteiger partial charge < -0.3 is 10.1 Å². The Labute approximate surface area is 147 Å². The predicted molar refractivity (Wildman–Crippen MR) is 96.2 cm³/mol. The Bertz CT molecular complexity index is 774. The van der Waals surface area contributed by atoms with Crippen molar-refractivity contribution in [3.05, 3.63) is 42.1 Å². The molecule has 0 bridgehead atoms. The fourth-order valence-corrected chi connectivity index (χ4v) is 3.28. The first kappa shape index (κ1) is 17.4. The molecule has 1 saturated carbocycles. The highest BCUT2D eigenvalue weighted by Gasteiger charge is 2.26. The zero-order chi connectivity index (χ0) is 17.8. The summed E-state index contributed by atoms with van der Waals surface area (Å²) < 4.78 is 5.31. The number of hydrogen-bond acceptors (Lipinski definition) is 4. The van der Waals surface area contributed by atoms with Crippen LogP contribution in [0.4, 0.5) is 0 Å². The van der Waals surface area contributed by atoms with Crippen LogP contribution in [0.2, 0.25) is 0 Å². The fourth-order valence-electron chi connectivity index (χ4n) is 3.28. The molecule has 1 aliphatic rings. The van der Waals surface area contributed by atoms with Crippen LogP contribution in [0.25, 0.3) is 10.9 Å². The van der Waals surface area contributed by atoms with Crippen molar-refractivity contribution in [2.75, 3.05) is 0 Å².